The number of halogens is 2. The summed E-state index contributed by atoms with van der Waals surface area (Å²) in [5.41, 5.74) is 1.04. The van der Waals surface area contributed by atoms with Crippen LogP contribution in [-0.2, 0) is 4.74 Å². The van der Waals surface area contributed by atoms with Crippen LogP contribution in [0, 0.1) is 0 Å². The number of hydrogen-bond donors (Lipinski definition) is 1. The van der Waals surface area contributed by atoms with Crippen LogP contribution in [0.5, 0.6) is 17.4 Å². The average Bonchev–Trinajstić information content (AvgIpc) is 3.27. The van der Waals surface area contributed by atoms with Gasteiger partial charge in [-0.05, 0) is 32.4 Å². The van der Waals surface area contributed by atoms with Gasteiger partial charge in [0.1, 0.15) is 17.3 Å². The van der Waals surface area contributed by atoms with Gasteiger partial charge in [-0.15, -0.1) is 0 Å². The predicted octanol–water partition coefficient (Wildman–Crippen LogP) is 5.61. The number of anilines is 1. The van der Waals surface area contributed by atoms with Crippen LogP contribution < -0.4 is 19.5 Å². The third-order valence-corrected chi connectivity index (χ3v) is 5.89. The maximum atomic E-state index is 6.62. The molecule has 1 saturated heterocycles. The van der Waals surface area contributed by atoms with Gasteiger partial charge in [-0.1, -0.05) is 23.2 Å². The van der Waals surface area contributed by atoms with Crippen molar-refractivity contribution in [3.05, 3.63) is 34.4 Å². The number of methoxy groups -OCH3 is 2. The normalized spacial score (nSPS) is 15.9. The average molecular weight is 478 g/mol. The molecule has 0 amide bonds. The van der Waals surface area contributed by atoms with Crippen molar-refractivity contribution in [3.8, 4) is 28.6 Å². The second-order valence-corrected chi connectivity index (χ2v) is 8.51. The molecular weight excluding hydrogens is 453 g/mol. The summed E-state index contributed by atoms with van der Waals surface area (Å²) in [5, 5.41) is 5.77. The van der Waals surface area contributed by atoms with Crippen molar-refractivity contribution in [2.24, 2.45) is 0 Å². The molecule has 1 fully saturated rings. The molecular formula is C23H25Cl2N3O4. The maximum absolute atomic E-state index is 6.62. The number of aromatic nitrogens is 2. The van der Waals surface area contributed by atoms with Gasteiger partial charge in [-0.2, -0.15) is 0 Å². The number of benzene rings is 1. The van der Waals surface area contributed by atoms with E-state index in [9.17, 15) is 0 Å². The quantitative estimate of drug-likeness (QED) is 0.473. The summed E-state index contributed by atoms with van der Waals surface area (Å²) in [5.74, 6) is 2.09. The Labute approximate surface area is 196 Å². The fourth-order valence-electron chi connectivity index (χ4n) is 3.60. The number of ether oxygens (including phenoxy) is 4. The molecule has 0 bridgehead atoms. The highest BCUT2D eigenvalue weighted by atomic mass is 35.5. The summed E-state index contributed by atoms with van der Waals surface area (Å²) < 4.78 is 22.3. The molecule has 1 N–H and O–H groups in total. The lowest BCUT2D eigenvalue weighted by Gasteiger charge is -2.18. The molecule has 1 aliphatic heterocycles. The van der Waals surface area contributed by atoms with Crippen LogP contribution >= 0.6 is 23.2 Å². The lowest BCUT2D eigenvalue weighted by atomic mass is 10.1. The molecule has 9 heteroatoms. The zero-order valence-electron chi connectivity index (χ0n) is 18.4. The summed E-state index contributed by atoms with van der Waals surface area (Å²) in [6.07, 6.45) is 2.64. The topological polar surface area (TPSA) is 74.7 Å². The Bertz CT molecular complexity index is 1110. The lowest BCUT2D eigenvalue weighted by Crippen LogP contribution is -2.19. The van der Waals surface area contributed by atoms with E-state index in [1.807, 2.05) is 26.0 Å². The van der Waals surface area contributed by atoms with Crippen molar-refractivity contribution in [1.82, 2.24) is 9.97 Å². The summed E-state index contributed by atoms with van der Waals surface area (Å²) in [4.78, 5) is 9.35. The molecule has 170 valence electrons. The highest BCUT2D eigenvalue weighted by molar-refractivity contribution is 6.41. The van der Waals surface area contributed by atoms with Crippen LogP contribution in [0.25, 0.3) is 22.0 Å². The van der Waals surface area contributed by atoms with Gasteiger partial charge in [0, 0.05) is 35.2 Å². The van der Waals surface area contributed by atoms with E-state index in [1.165, 1.54) is 14.2 Å². The van der Waals surface area contributed by atoms with E-state index in [4.69, 9.17) is 47.1 Å². The number of nitrogens with one attached hydrogen (secondary N) is 1. The highest BCUT2D eigenvalue weighted by Crippen LogP contribution is 2.46. The zero-order chi connectivity index (χ0) is 22.8. The molecule has 2 aromatic heterocycles. The van der Waals surface area contributed by atoms with Crippen molar-refractivity contribution in [3.63, 3.8) is 0 Å². The van der Waals surface area contributed by atoms with Gasteiger partial charge in [-0.3, -0.25) is 0 Å². The number of hydrogen-bond acceptors (Lipinski definition) is 7. The van der Waals surface area contributed by atoms with E-state index in [0.29, 0.717) is 45.3 Å². The predicted molar refractivity (Wildman–Crippen MR) is 127 cm³/mol. The van der Waals surface area contributed by atoms with Crippen LogP contribution in [-0.4, -0.2) is 49.5 Å². The molecule has 1 atom stereocenters. The molecule has 0 aliphatic carbocycles. The second-order valence-electron chi connectivity index (χ2n) is 7.76. The molecule has 4 rings (SSSR count). The second kappa shape index (κ2) is 9.57. The fraction of sp³-hybridized carbons (Fsp3) is 0.391. The van der Waals surface area contributed by atoms with E-state index in [1.54, 1.807) is 12.3 Å². The first-order valence-electron chi connectivity index (χ1n) is 10.3. The van der Waals surface area contributed by atoms with E-state index < -0.39 is 0 Å². The largest absolute Gasteiger partial charge is 0.495 e. The Hall–Kier alpha value is -2.48. The summed E-state index contributed by atoms with van der Waals surface area (Å²) in [6, 6.07) is 5.71. The van der Waals surface area contributed by atoms with Gasteiger partial charge < -0.3 is 24.3 Å². The maximum Gasteiger partial charge on any atom is 0.222 e. The number of fused-ring (bicyclic) bond motifs is 1. The van der Waals surface area contributed by atoms with Crippen LogP contribution in [0.2, 0.25) is 10.0 Å². The van der Waals surface area contributed by atoms with Crippen molar-refractivity contribution in [2.45, 2.75) is 32.4 Å². The van der Waals surface area contributed by atoms with E-state index in [2.05, 4.69) is 10.3 Å². The van der Waals surface area contributed by atoms with E-state index in [0.717, 1.165) is 29.6 Å². The van der Waals surface area contributed by atoms with Crippen molar-refractivity contribution in [1.29, 1.82) is 0 Å². The van der Waals surface area contributed by atoms with Gasteiger partial charge in [-0.25, -0.2) is 9.97 Å². The Morgan fingerprint density at radius 3 is 2.41 bits per heavy atom. The smallest absolute Gasteiger partial charge is 0.222 e. The first-order valence-corrected chi connectivity index (χ1v) is 11.1. The molecule has 3 aromatic rings. The minimum absolute atomic E-state index is 0.0838. The molecule has 0 radical (unpaired) electrons. The molecule has 0 spiro atoms. The molecule has 1 aromatic carbocycles. The van der Waals surface area contributed by atoms with Crippen LogP contribution in [0.1, 0.15) is 20.3 Å². The van der Waals surface area contributed by atoms with E-state index in [-0.39, 0.29) is 12.1 Å². The van der Waals surface area contributed by atoms with Crippen LogP contribution in [0.4, 0.5) is 5.82 Å². The fourth-order valence-corrected chi connectivity index (χ4v) is 4.30. The molecule has 32 heavy (non-hydrogen) atoms. The monoisotopic (exact) mass is 477 g/mol. The van der Waals surface area contributed by atoms with Gasteiger partial charge in [0.25, 0.3) is 0 Å². The molecule has 1 unspecified atom stereocenters. The lowest BCUT2D eigenvalue weighted by molar-refractivity contribution is 0.195. The highest BCUT2D eigenvalue weighted by Gasteiger charge is 2.22. The van der Waals surface area contributed by atoms with Crippen molar-refractivity contribution in [2.75, 3.05) is 32.8 Å². The van der Waals surface area contributed by atoms with Crippen LogP contribution in [0.15, 0.2) is 24.4 Å². The van der Waals surface area contributed by atoms with Gasteiger partial charge in [0.2, 0.25) is 5.88 Å². The van der Waals surface area contributed by atoms with Crippen LogP contribution in [0.3, 0.4) is 0 Å². The van der Waals surface area contributed by atoms with Crippen molar-refractivity contribution < 1.29 is 18.9 Å². The summed E-state index contributed by atoms with van der Waals surface area (Å²) in [7, 11) is 3.07. The summed E-state index contributed by atoms with van der Waals surface area (Å²) in [6.45, 7) is 5.32. The third kappa shape index (κ3) is 4.51. The third-order valence-electron chi connectivity index (χ3n) is 5.14. The minimum Gasteiger partial charge on any atom is -0.495 e. The van der Waals surface area contributed by atoms with E-state index >= 15 is 0 Å². The Balaban J connectivity index is 1.86. The van der Waals surface area contributed by atoms with Gasteiger partial charge in [0.15, 0.2) is 0 Å². The minimum atomic E-state index is -0.0838. The number of nitrogens with zero attached hydrogens (tertiary/aromatic N) is 2. The Kier molecular flexibility index (Phi) is 6.79. The van der Waals surface area contributed by atoms with Gasteiger partial charge in [0.05, 0.1) is 48.7 Å². The van der Waals surface area contributed by atoms with Gasteiger partial charge >= 0.3 is 0 Å². The first kappa shape index (κ1) is 22.7. The SMILES string of the molecule is COc1cc(OC)c(Cl)c(-c2cc3cnc(NC4CCOC4)cc3c(OC(C)C)n2)c1Cl. The number of pyridine rings is 2. The summed E-state index contributed by atoms with van der Waals surface area (Å²) >= 11 is 13.2. The Morgan fingerprint density at radius 1 is 1.09 bits per heavy atom. The Morgan fingerprint density at radius 2 is 1.81 bits per heavy atom. The first-order chi connectivity index (χ1) is 15.4. The molecule has 7 nitrogen and oxygen atoms in total. The van der Waals surface area contributed by atoms with Crippen molar-refractivity contribution >= 4 is 39.8 Å². The molecule has 0 saturated carbocycles. The molecule has 1 aliphatic rings. The number of rotatable bonds is 7. The standard InChI is InChI=1S/C23H25Cl2N3O4/c1-12(2)32-23-15-8-19(27-14-5-6-31-11-14)26-10-13(15)7-16(28-23)20-21(24)17(29-3)9-18(30-4)22(20)25/h7-10,12,14H,5-6,11H2,1-4H3,(H,26,27). The molecule has 3 heterocycles. The zero-order valence-corrected chi connectivity index (χ0v) is 19.9.